The van der Waals surface area contributed by atoms with Crippen LogP contribution in [0.5, 0.6) is 0 Å². The Morgan fingerprint density at radius 3 is 2.15 bits per heavy atom. The summed E-state index contributed by atoms with van der Waals surface area (Å²) >= 11 is 6.24. The second-order valence-corrected chi connectivity index (χ2v) is 16.5. The van der Waals surface area contributed by atoms with Crippen LogP contribution in [-0.4, -0.2) is 125 Å². The highest BCUT2D eigenvalue weighted by molar-refractivity contribution is 6.30. The first-order valence-corrected chi connectivity index (χ1v) is 17.9. The Labute approximate surface area is 286 Å². The van der Waals surface area contributed by atoms with Crippen molar-refractivity contribution in [3.8, 4) is 0 Å². The predicted molar refractivity (Wildman–Crippen MR) is 186 cm³/mol. The summed E-state index contributed by atoms with van der Waals surface area (Å²) in [5.41, 5.74) is 1.20. The number of benzene rings is 1. The molecule has 5 rings (SSSR count). The molecule has 0 spiro atoms. The Kier molecular flexibility index (Phi) is 10.7. The van der Waals surface area contributed by atoms with E-state index < -0.39 is 11.5 Å². The molecule has 4 aliphatic rings. The molecule has 10 heteroatoms. The van der Waals surface area contributed by atoms with E-state index in [1.807, 2.05) is 45.9 Å². The third-order valence-electron chi connectivity index (χ3n) is 11.4. The summed E-state index contributed by atoms with van der Waals surface area (Å²) in [5, 5.41) is 10.9. The molecular formula is C37H56ClN5O4. The maximum atomic E-state index is 14.9. The van der Waals surface area contributed by atoms with Crippen LogP contribution in [0.3, 0.4) is 0 Å². The van der Waals surface area contributed by atoms with Crippen LogP contribution >= 0.6 is 11.6 Å². The summed E-state index contributed by atoms with van der Waals surface area (Å²) in [7, 11) is 2.06. The predicted octanol–water partition coefficient (Wildman–Crippen LogP) is 4.45. The summed E-state index contributed by atoms with van der Waals surface area (Å²) in [6, 6.07) is 6.78. The van der Waals surface area contributed by atoms with Crippen LogP contribution in [0.4, 0.5) is 0 Å². The molecule has 0 aromatic heterocycles. The average molecular weight is 670 g/mol. The molecular weight excluding hydrogens is 614 g/mol. The number of aliphatic hydroxyl groups excluding tert-OH is 1. The molecule has 1 saturated carbocycles. The molecule has 4 fully saturated rings. The number of carbonyl (C=O) groups excluding carboxylic acids is 3. The molecule has 9 nitrogen and oxygen atoms in total. The molecule has 1 aliphatic carbocycles. The van der Waals surface area contributed by atoms with Crippen LogP contribution in [0.25, 0.3) is 0 Å². The number of nitrogens with zero attached hydrogens (tertiary/aromatic N) is 5. The fourth-order valence-corrected chi connectivity index (χ4v) is 8.19. The lowest BCUT2D eigenvalue weighted by atomic mass is 9.74. The van der Waals surface area contributed by atoms with E-state index in [1.165, 1.54) is 0 Å². The first kappa shape index (κ1) is 35.7. The standard InChI is InChI=1S/C37H56ClN5O4/c1-25(2)41-22-30(26-8-10-27(38)11-9-26)31(23-41)33(45)42-21-29(20-32(42)34(46)40-18-16-39(7)17-19-40)43(35(47)37(5,6)24-44)28-12-14-36(3,4)15-13-28/h8-11,28-32,44H,1,12-24H2,2-7H3/t29-,30-,31+,32-/m0/s1. The first-order valence-electron chi connectivity index (χ1n) is 17.5. The number of hydrogen-bond acceptors (Lipinski definition) is 6. The first-order chi connectivity index (χ1) is 22.1. The SMILES string of the molecule is C=C(C)N1C[C@@H](C(=O)N2C[C@@H](N(C(=O)C(C)(C)CO)C3CCC(C)(C)CC3)C[C@H]2C(=O)N2CCN(C)CC2)[C@H](c2ccc(Cl)cc2)C1. The number of likely N-dealkylation sites (tertiary alicyclic amines) is 2. The molecule has 0 radical (unpaired) electrons. The van der Waals surface area contributed by atoms with Crippen molar-refractivity contribution in [3.05, 3.63) is 47.1 Å². The van der Waals surface area contributed by atoms with Crippen molar-refractivity contribution in [3.63, 3.8) is 0 Å². The Morgan fingerprint density at radius 2 is 1.57 bits per heavy atom. The maximum absolute atomic E-state index is 14.9. The number of rotatable bonds is 8. The number of hydrogen-bond donors (Lipinski definition) is 1. The summed E-state index contributed by atoms with van der Waals surface area (Å²) in [4.78, 5) is 53.7. The number of carbonyl (C=O) groups is 3. The van der Waals surface area contributed by atoms with E-state index in [4.69, 9.17) is 11.6 Å². The van der Waals surface area contributed by atoms with Crippen molar-refractivity contribution in [2.75, 3.05) is 59.5 Å². The van der Waals surface area contributed by atoms with Gasteiger partial charge in [0, 0.05) is 68.5 Å². The molecule has 260 valence electrons. The van der Waals surface area contributed by atoms with Gasteiger partial charge in [-0.05, 0) is 83.0 Å². The lowest BCUT2D eigenvalue weighted by Crippen LogP contribution is -2.55. The van der Waals surface area contributed by atoms with Crippen LogP contribution < -0.4 is 0 Å². The van der Waals surface area contributed by atoms with Gasteiger partial charge in [0.2, 0.25) is 17.7 Å². The highest BCUT2D eigenvalue weighted by Gasteiger charge is 2.51. The van der Waals surface area contributed by atoms with Gasteiger partial charge in [0.1, 0.15) is 6.04 Å². The van der Waals surface area contributed by atoms with E-state index in [-0.39, 0.29) is 53.7 Å². The summed E-state index contributed by atoms with van der Waals surface area (Å²) in [6.07, 6.45) is 4.16. The van der Waals surface area contributed by atoms with Gasteiger partial charge in [-0.1, -0.05) is 44.2 Å². The number of aliphatic hydroxyl groups is 1. The Balaban J connectivity index is 1.50. The number of likely N-dealkylation sites (N-methyl/N-ethyl adjacent to an activating group) is 1. The van der Waals surface area contributed by atoms with Gasteiger partial charge in [-0.2, -0.15) is 0 Å². The summed E-state index contributed by atoms with van der Waals surface area (Å²) in [6.45, 7) is 18.3. The average Bonchev–Trinajstić information content (AvgIpc) is 3.68. The Hall–Kier alpha value is -2.62. The van der Waals surface area contributed by atoms with Gasteiger partial charge in [0.25, 0.3) is 0 Å². The van der Waals surface area contributed by atoms with Gasteiger partial charge in [-0.25, -0.2) is 0 Å². The third-order valence-corrected chi connectivity index (χ3v) is 11.7. The summed E-state index contributed by atoms with van der Waals surface area (Å²) in [5.74, 6) is -0.611. The molecule has 0 unspecified atom stereocenters. The monoisotopic (exact) mass is 669 g/mol. The molecule has 3 aliphatic heterocycles. The second kappa shape index (κ2) is 14.1. The van der Waals surface area contributed by atoms with E-state index in [1.54, 1.807) is 13.8 Å². The van der Waals surface area contributed by atoms with Gasteiger partial charge >= 0.3 is 0 Å². The van der Waals surface area contributed by atoms with E-state index in [9.17, 15) is 19.5 Å². The minimum absolute atomic E-state index is 0.00740. The van der Waals surface area contributed by atoms with Gasteiger partial charge in [-0.3, -0.25) is 14.4 Å². The number of allylic oxidation sites excluding steroid dienone is 1. The van der Waals surface area contributed by atoms with Crippen molar-refractivity contribution in [1.29, 1.82) is 0 Å². The Bertz CT molecular complexity index is 1310. The van der Waals surface area contributed by atoms with Gasteiger partial charge in [-0.15, -0.1) is 0 Å². The lowest BCUT2D eigenvalue weighted by molar-refractivity contribution is -0.149. The van der Waals surface area contributed by atoms with Crippen molar-refractivity contribution < 1.29 is 19.5 Å². The van der Waals surface area contributed by atoms with Crippen LogP contribution in [0.15, 0.2) is 36.5 Å². The fourth-order valence-electron chi connectivity index (χ4n) is 8.07. The number of halogens is 1. The van der Waals surface area contributed by atoms with Crippen LogP contribution in [0.1, 0.15) is 78.2 Å². The highest BCUT2D eigenvalue weighted by atomic mass is 35.5. The maximum Gasteiger partial charge on any atom is 0.245 e. The third kappa shape index (κ3) is 7.67. The van der Waals surface area contributed by atoms with Gasteiger partial charge < -0.3 is 29.6 Å². The van der Waals surface area contributed by atoms with E-state index in [0.29, 0.717) is 44.2 Å². The fraction of sp³-hybridized carbons (Fsp3) is 0.703. The van der Waals surface area contributed by atoms with Crippen LogP contribution in [-0.2, 0) is 14.4 Å². The number of amides is 3. The van der Waals surface area contributed by atoms with Gasteiger partial charge in [0.15, 0.2) is 0 Å². The zero-order chi connectivity index (χ0) is 34.3. The molecule has 1 N–H and O–H groups in total. The van der Waals surface area contributed by atoms with E-state index in [2.05, 4.69) is 37.3 Å². The minimum atomic E-state index is -0.964. The zero-order valence-corrected chi connectivity index (χ0v) is 30.1. The second-order valence-electron chi connectivity index (χ2n) is 16.1. The van der Waals surface area contributed by atoms with Crippen LogP contribution in [0.2, 0.25) is 5.02 Å². The van der Waals surface area contributed by atoms with Crippen molar-refractivity contribution >= 4 is 29.3 Å². The molecule has 1 aromatic rings. The molecule has 3 heterocycles. The topological polar surface area (TPSA) is 87.6 Å². The molecule has 4 atom stereocenters. The minimum Gasteiger partial charge on any atom is -0.395 e. The number of piperazine rings is 1. The molecule has 3 amide bonds. The van der Waals surface area contributed by atoms with Crippen molar-refractivity contribution in [2.45, 2.75) is 90.8 Å². The lowest BCUT2D eigenvalue weighted by Gasteiger charge is -2.45. The Morgan fingerprint density at radius 1 is 0.957 bits per heavy atom. The summed E-state index contributed by atoms with van der Waals surface area (Å²) < 4.78 is 0. The largest absolute Gasteiger partial charge is 0.395 e. The van der Waals surface area contributed by atoms with E-state index >= 15 is 0 Å². The molecule has 47 heavy (non-hydrogen) atoms. The van der Waals surface area contributed by atoms with Gasteiger partial charge in [0.05, 0.1) is 24.0 Å². The zero-order valence-electron chi connectivity index (χ0n) is 29.4. The van der Waals surface area contributed by atoms with E-state index in [0.717, 1.165) is 50.0 Å². The molecule has 1 aromatic carbocycles. The molecule has 0 bridgehead atoms. The quantitative estimate of drug-likeness (QED) is 0.440. The normalized spacial score (nSPS) is 27.3. The van der Waals surface area contributed by atoms with Crippen molar-refractivity contribution in [2.24, 2.45) is 16.7 Å². The molecule has 3 saturated heterocycles. The van der Waals surface area contributed by atoms with Crippen LogP contribution in [0, 0.1) is 16.7 Å². The highest BCUT2D eigenvalue weighted by Crippen LogP contribution is 2.42. The smallest absolute Gasteiger partial charge is 0.245 e. The van der Waals surface area contributed by atoms with Crippen molar-refractivity contribution in [1.82, 2.24) is 24.5 Å².